The number of pyridine rings is 2. The molecule has 9 heteroatoms. The van der Waals surface area contributed by atoms with Crippen molar-refractivity contribution in [1.29, 1.82) is 0 Å². The van der Waals surface area contributed by atoms with Gasteiger partial charge in [0.1, 0.15) is 11.6 Å². The van der Waals surface area contributed by atoms with E-state index in [-0.39, 0.29) is 6.03 Å². The first kappa shape index (κ1) is 19.1. The number of hydrogen-bond donors (Lipinski definition) is 2. The Labute approximate surface area is 173 Å². The van der Waals surface area contributed by atoms with Crippen LogP contribution in [0, 0.1) is 6.92 Å². The van der Waals surface area contributed by atoms with Crippen LogP contribution in [0.15, 0.2) is 42.7 Å². The molecule has 0 saturated carbocycles. The minimum absolute atomic E-state index is 0.0268. The summed E-state index contributed by atoms with van der Waals surface area (Å²) in [5.41, 5.74) is 2.01. The van der Waals surface area contributed by atoms with Crippen LogP contribution in [-0.4, -0.2) is 59.1 Å². The highest BCUT2D eigenvalue weighted by atomic mass is 32.1. The fourth-order valence-corrected chi connectivity index (χ4v) is 4.10. The maximum Gasteiger partial charge on any atom is 0.317 e. The average Bonchev–Trinajstić information content (AvgIpc) is 3.24. The van der Waals surface area contributed by atoms with Gasteiger partial charge in [-0.05, 0) is 36.8 Å². The number of carbonyl (C=O) groups excluding carboxylic acids is 1. The van der Waals surface area contributed by atoms with E-state index in [0.29, 0.717) is 13.1 Å². The number of carbonyl (C=O) groups is 1. The Morgan fingerprint density at radius 2 is 1.93 bits per heavy atom. The fourth-order valence-electron chi connectivity index (χ4n) is 3.17. The largest absolute Gasteiger partial charge is 0.345 e. The van der Waals surface area contributed by atoms with E-state index in [1.807, 2.05) is 48.4 Å². The highest BCUT2D eigenvalue weighted by Gasteiger charge is 2.22. The summed E-state index contributed by atoms with van der Waals surface area (Å²) >= 11 is 1.62. The Morgan fingerprint density at radius 3 is 2.69 bits per heavy atom. The van der Waals surface area contributed by atoms with Gasteiger partial charge in [0, 0.05) is 45.6 Å². The lowest BCUT2D eigenvalue weighted by Crippen LogP contribution is -2.51. The topological polar surface area (TPSA) is 86.3 Å². The number of nitrogens with zero attached hydrogens (tertiary/aromatic N) is 5. The van der Waals surface area contributed by atoms with Crippen molar-refractivity contribution in [1.82, 2.24) is 25.2 Å². The Kier molecular flexibility index (Phi) is 5.57. The van der Waals surface area contributed by atoms with E-state index in [1.54, 1.807) is 24.6 Å². The Balaban J connectivity index is 1.45. The van der Waals surface area contributed by atoms with Gasteiger partial charge in [0.05, 0.1) is 10.6 Å². The molecule has 3 aromatic heterocycles. The predicted molar refractivity (Wildman–Crippen MR) is 116 cm³/mol. The van der Waals surface area contributed by atoms with E-state index in [0.717, 1.165) is 46.0 Å². The van der Waals surface area contributed by atoms with Crippen molar-refractivity contribution in [3.63, 3.8) is 0 Å². The van der Waals surface area contributed by atoms with Crippen LogP contribution < -0.4 is 15.5 Å². The smallest absolute Gasteiger partial charge is 0.317 e. The summed E-state index contributed by atoms with van der Waals surface area (Å²) in [6, 6.07) is 9.80. The van der Waals surface area contributed by atoms with Crippen LogP contribution in [0.25, 0.3) is 10.6 Å². The first-order valence-electron chi connectivity index (χ1n) is 9.47. The van der Waals surface area contributed by atoms with Gasteiger partial charge in [0.2, 0.25) is 0 Å². The lowest BCUT2D eigenvalue weighted by Gasteiger charge is -2.34. The first-order valence-corrected chi connectivity index (χ1v) is 10.3. The van der Waals surface area contributed by atoms with E-state index < -0.39 is 0 Å². The quantitative estimate of drug-likeness (QED) is 0.689. The molecule has 4 rings (SSSR count). The number of piperazine rings is 1. The molecule has 0 aromatic carbocycles. The van der Waals surface area contributed by atoms with Gasteiger partial charge >= 0.3 is 6.03 Å². The van der Waals surface area contributed by atoms with Crippen LogP contribution in [0.1, 0.15) is 5.56 Å². The summed E-state index contributed by atoms with van der Waals surface area (Å²) in [7, 11) is 1.66. The second-order valence-corrected chi connectivity index (χ2v) is 7.80. The van der Waals surface area contributed by atoms with Crippen LogP contribution in [0.3, 0.4) is 0 Å². The lowest BCUT2D eigenvalue weighted by atomic mass is 10.3. The zero-order valence-electron chi connectivity index (χ0n) is 16.4. The van der Waals surface area contributed by atoms with Gasteiger partial charge < -0.3 is 20.4 Å². The highest BCUT2D eigenvalue weighted by molar-refractivity contribution is 7.18. The van der Waals surface area contributed by atoms with Gasteiger partial charge in [-0.2, -0.15) is 0 Å². The lowest BCUT2D eigenvalue weighted by molar-refractivity contribution is 0.196. The predicted octanol–water partition coefficient (Wildman–Crippen LogP) is 3.11. The van der Waals surface area contributed by atoms with Crippen molar-refractivity contribution in [2.75, 3.05) is 43.4 Å². The Bertz CT molecular complexity index is 998. The Hall–Kier alpha value is -3.20. The minimum atomic E-state index is -0.0268. The monoisotopic (exact) mass is 409 g/mol. The van der Waals surface area contributed by atoms with E-state index in [4.69, 9.17) is 4.98 Å². The second kappa shape index (κ2) is 8.44. The fraction of sp³-hybridized carbons (Fsp3) is 0.300. The van der Waals surface area contributed by atoms with Crippen molar-refractivity contribution in [2.24, 2.45) is 0 Å². The molecule has 0 atom stereocenters. The molecule has 1 fully saturated rings. The van der Waals surface area contributed by atoms with Crippen LogP contribution in [-0.2, 0) is 0 Å². The third kappa shape index (κ3) is 4.45. The maximum atomic E-state index is 11.7. The third-order valence-electron chi connectivity index (χ3n) is 4.72. The molecule has 29 heavy (non-hydrogen) atoms. The van der Waals surface area contributed by atoms with Crippen LogP contribution in [0.4, 0.5) is 21.6 Å². The van der Waals surface area contributed by atoms with Gasteiger partial charge in [-0.25, -0.2) is 19.7 Å². The van der Waals surface area contributed by atoms with E-state index >= 15 is 0 Å². The molecular weight excluding hydrogens is 386 g/mol. The van der Waals surface area contributed by atoms with Crippen molar-refractivity contribution < 1.29 is 4.79 Å². The van der Waals surface area contributed by atoms with Crippen molar-refractivity contribution >= 4 is 34.1 Å². The van der Waals surface area contributed by atoms with E-state index in [9.17, 15) is 4.79 Å². The number of anilines is 3. The molecule has 0 unspecified atom stereocenters. The number of nitrogens with one attached hydrogen (secondary N) is 2. The zero-order chi connectivity index (χ0) is 20.2. The van der Waals surface area contributed by atoms with Gasteiger partial charge in [0.25, 0.3) is 0 Å². The molecule has 4 heterocycles. The van der Waals surface area contributed by atoms with E-state index in [2.05, 4.69) is 25.5 Å². The molecule has 0 spiro atoms. The highest BCUT2D eigenvalue weighted by Crippen LogP contribution is 2.31. The summed E-state index contributed by atoms with van der Waals surface area (Å²) in [5, 5.41) is 6.89. The molecule has 0 aliphatic carbocycles. The number of thiazole rings is 1. The molecule has 8 nitrogen and oxygen atoms in total. The maximum absolute atomic E-state index is 11.7. The van der Waals surface area contributed by atoms with Crippen LogP contribution in [0.2, 0.25) is 0 Å². The van der Waals surface area contributed by atoms with Crippen LogP contribution in [0.5, 0.6) is 0 Å². The number of amides is 2. The summed E-state index contributed by atoms with van der Waals surface area (Å²) in [6.45, 7) is 4.96. The number of rotatable bonds is 4. The minimum Gasteiger partial charge on any atom is -0.345 e. The standard InChI is InChI=1S/C20H23N7OS/c1-14-6-7-22-18(12-14)25-17-5-3-4-15(24-17)16-13-23-20(29-16)27-10-8-26(9-11-27)19(28)21-2/h3-7,12-13H,8-11H2,1-2H3,(H,21,28)(H,22,24,25). The molecule has 1 saturated heterocycles. The molecule has 0 radical (unpaired) electrons. The van der Waals surface area contributed by atoms with Gasteiger partial charge in [0.15, 0.2) is 5.13 Å². The molecule has 3 aromatic rings. The summed E-state index contributed by atoms with van der Waals surface area (Å²) < 4.78 is 0. The molecule has 0 bridgehead atoms. The first-order chi connectivity index (χ1) is 14.1. The molecule has 150 valence electrons. The summed E-state index contributed by atoms with van der Waals surface area (Å²) in [6.07, 6.45) is 3.64. The summed E-state index contributed by atoms with van der Waals surface area (Å²) in [4.78, 5) is 30.4. The summed E-state index contributed by atoms with van der Waals surface area (Å²) in [5.74, 6) is 1.52. The number of urea groups is 1. The molecular formula is C20H23N7OS. The van der Waals surface area contributed by atoms with Gasteiger partial charge in [-0.3, -0.25) is 0 Å². The zero-order valence-corrected chi connectivity index (χ0v) is 17.2. The molecule has 1 aliphatic heterocycles. The molecule has 1 aliphatic rings. The molecule has 2 N–H and O–H groups in total. The third-order valence-corrected chi connectivity index (χ3v) is 5.80. The number of hydrogen-bond acceptors (Lipinski definition) is 7. The SMILES string of the molecule is CNC(=O)N1CCN(c2ncc(-c3cccc(Nc4cc(C)ccn4)n3)s2)CC1. The number of aryl methyl sites for hydroxylation is 1. The van der Waals surface area contributed by atoms with Crippen LogP contribution >= 0.6 is 11.3 Å². The van der Waals surface area contributed by atoms with Crippen molar-refractivity contribution in [3.8, 4) is 10.6 Å². The van der Waals surface area contributed by atoms with Crippen molar-refractivity contribution in [3.05, 3.63) is 48.3 Å². The second-order valence-electron chi connectivity index (χ2n) is 6.79. The van der Waals surface area contributed by atoms with E-state index in [1.165, 1.54) is 0 Å². The normalized spacial score (nSPS) is 14.0. The van der Waals surface area contributed by atoms with Gasteiger partial charge in [-0.15, -0.1) is 0 Å². The average molecular weight is 410 g/mol. The Morgan fingerprint density at radius 1 is 1.10 bits per heavy atom. The van der Waals surface area contributed by atoms with Crippen molar-refractivity contribution in [2.45, 2.75) is 6.92 Å². The van der Waals surface area contributed by atoms with Gasteiger partial charge in [-0.1, -0.05) is 17.4 Å². The molecule has 2 amide bonds. The number of aromatic nitrogens is 3.